The summed E-state index contributed by atoms with van der Waals surface area (Å²) in [6.45, 7) is 8.87. The topological polar surface area (TPSA) is 7.68 Å². The predicted octanol–water partition coefficient (Wildman–Crippen LogP) is 2.73. The molecule has 1 N–H and O–H groups in total. The first kappa shape index (κ1) is 15.5. The highest BCUT2D eigenvalue weighted by Crippen LogP contribution is 2.20. The molecule has 1 aromatic carbocycles. The number of nitrogens with one attached hydrogen (secondary N) is 1. The minimum Gasteiger partial charge on any atom is -0.332 e. The molecule has 1 aromatic rings. The summed E-state index contributed by atoms with van der Waals surface area (Å²) in [4.78, 5) is 4.52. The highest BCUT2D eigenvalue weighted by Gasteiger charge is 2.30. The number of nitrogens with zero attached hydrogens (tertiary/aromatic N) is 1. The maximum absolute atomic E-state index is 3.67. The zero-order valence-electron chi connectivity index (χ0n) is 13.2. The van der Waals surface area contributed by atoms with Crippen LogP contribution in [0.25, 0.3) is 0 Å². The average molecular weight is 352 g/mol. The molecule has 0 saturated carbocycles. The van der Waals surface area contributed by atoms with Crippen LogP contribution in [-0.4, -0.2) is 37.1 Å². The van der Waals surface area contributed by atoms with Crippen molar-refractivity contribution in [2.45, 2.75) is 45.2 Å². The third-order valence-electron chi connectivity index (χ3n) is 5.43. The molecule has 0 radical (unpaired) electrons. The molecule has 21 heavy (non-hydrogen) atoms. The molecule has 0 atom stereocenters. The zero-order valence-corrected chi connectivity index (χ0v) is 14.7. The Morgan fingerprint density at radius 1 is 1.10 bits per heavy atom. The molecule has 2 heterocycles. The van der Waals surface area contributed by atoms with Gasteiger partial charge in [0.1, 0.15) is 0 Å². The number of hydrogen-bond donors (Lipinski definition) is 1. The molecule has 2 fully saturated rings. The summed E-state index contributed by atoms with van der Waals surface area (Å²) in [6, 6.07) is 9.56. The van der Waals surface area contributed by atoms with Crippen molar-refractivity contribution in [2.75, 3.05) is 26.2 Å². The van der Waals surface area contributed by atoms with E-state index >= 15 is 0 Å². The molecule has 0 amide bonds. The van der Waals surface area contributed by atoms with Crippen LogP contribution in [-0.2, 0) is 6.54 Å². The maximum Gasteiger partial charge on any atom is 0.0899 e. The number of piperidine rings is 2. The highest BCUT2D eigenvalue weighted by atomic mass is 79.9. The van der Waals surface area contributed by atoms with E-state index < -0.39 is 0 Å². The molecule has 0 unspecified atom stereocenters. The van der Waals surface area contributed by atoms with E-state index in [1.807, 2.05) is 4.90 Å². The van der Waals surface area contributed by atoms with E-state index in [0.717, 1.165) is 18.5 Å². The fourth-order valence-electron chi connectivity index (χ4n) is 3.91. The quantitative estimate of drug-likeness (QED) is 0.879. The van der Waals surface area contributed by atoms with Crippen molar-refractivity contribution in [3.05, 3.63) is 34.3 Å². The summed E-state index contributed by atoms with van der Waals surface area (Å²) >= 11 is 3.67. The van der Waals surface area contributed by atoms with E-state index in [2.05, 4.69) is 52.0 Å². The van der Waals surface area contributed by atoms with Gasteiger partial charge >= 0.3 is 0 Å². The molecular formula is C18H28BrN2+. The van der Waals surface area contributed by atoms with Crippen molar-refractivity contribution in [3.63, 3.8) is 0 Å². The first-order valence-corrected chi connectivity index (χ1v) is 9.32. The van der Waals surface area contributed by atoms with Crippen LogP contribution in [0, 0.1) is 5.92 Å². The van der Waals surface area contributed by atoms with Crippen LogP contribution >= 0.6 is 15.9 Å². The van der Waals surface area contributed by atoms with Gasteiger partial charge in [0.2, 0.25) is 0 Å². The Bertz CT molecular complexity index is 446. The van der Waals surface area contributed by atoms with Gasteiger partial charge in [-0.3, -0.25) is 4.90 Å². The average Bonchev–Trinajstić information content (AvgIpc) is 2.51. The molecular weight excluding hydrogens is 324 g/mol. The SMILES string of the molecule is CC1CC[NH+](C2CCN(Cc3ccccc3Br)CC2)CC1. The van der Waals surface area contributed by atoms with Gasteiger partial charge in [0.25, 0.3) is 0 Å². The largest absolute Gasteiger partial charge is 0.332 e. The van der Waals surface area contributed by atoms with Crippen LogP contribution in [0.3, 0.4) is 0 Å². The van der Waals surface area contributed by atoms with Crippen LogP contribution in [0.1, 0.15) is 38.2 Å². The number of rotatable bonds is 3. The smallest absolute Gasteiger partial charge is 0.0899 e. The Labute approximate surface area is 137 Å². The predicted molar refractivity (Wildman–Crippen MR) is 91.5 cm³/mol. The Kier molecular flexibility index (Phi) is 5.36. The molecule has 0 aromatic heterocycles. The Balaban J connectivity index is 1.48. The van der Waals surface area contributed by atoms with Crippen molar-refractivity contribution in [1.82, 2.24) is 4.90 Å². The van der Waals surface area contributed by atoms with E-state index in [1.54, 1.807) is 0 Å². The second-order valence-electron chi connectivity index (χ2n) is 6.98. The molecule has 2 saturated heterocycles. The number of halogens is 1. The van der Waals surface area contributed by atoms with Gasteiger partial charge in [0, 0.05) is 36.9 Å². The van der Waals surface area contributed by atoms with Crippen LogP contribution in [0.5, 0.6) is 0 Å². The van der Waals surface area contributed by atoms with Crippen molar-refractivity contribution >= 4 is 15.9 Å². The summed E-state index contributed by atoms with van der Waals surface area (Å²) in [7, 11) is 0. The van der Waals surface area contributed by atoms with Crippen molar-refractivity contribution in [2.24, 2.45) is 5.92 Å². The Hall–Kier alpha value is -0.380. The van der Waals surface area contributed by atoms with E-state index in [1.165, 1.54) is 61.9 Å². The third-order valence-corrected chi connectivity index (χ3v) is 6.21. The number of hydrogen-bond acceptors (Lipinski definition) is 1. The number of quaternary nitrogens is 1. The standard InChI is InChI=1S/C18H27BrN2/c1-15-6-12-21(13-7-15)17-8-10-20(11-9-17)14-16-4-2-3-5-18(16)19/h2-5,15,17H,6-14H2,1H3/p+1. The van der Waals surface area contributed by atoms with Crippen LogP contribution in [0.2, 0.25) is 0 Å². The number of likely N-dealkylation sites (tertiary alicyclic amines) is 2. The molecule has 0 aliphatic carbocycles. The molecule has 2 aliphatic rings. The van der Waals surface area contributed by atoms with Gasteiger partial charge in [-0.2, -0.15) is 0 Å². The summed E-state index contributed by atoms with van der Waals surface area (Å²) in [5.74, 6) is 0.962. The van der Waals surface area contributed by atoms with Gasteiger partial charge in [0.05, 0.1) is 19.1 Å². The normalized spacial score (nSPS) is 28.7. The summed E-state index contributed by atoms with van der Waals surface area (Å²) in [5.41, 5.74) is 1.43. The molecule has 116 valence electrons. The zero-order chi connectivity index (χ0) is 14.7. The minimum atomic E-state index is 0.924. The summed E-state index contributed by atoms with van der Waals surface area (Å²) in [6.07, 6.45) is 5.64. The molecule has 0 spiro atoms. The Morgan fingerprint density at radius 3 is 2.43 bits per heavy atom. The summed E-state index contributed by atoms with van der Waals surface area (Å²) in [5, 5.41) is 0. The second-order valence-corrected chi connectivity index (χ2v) is 7.84. The monoisotopic (exact) mass is 351 g/mol. The van der Waals surface area contributed by atoms with Crippen LogP contribution in [0.4, 0.5) is 0 Å². The van der Waals surface area contributed by atoms with E-state index in [9.17, 15) is 0 Å². The highest BCUT2D eigenvalue weighted by molar-refractivity contribution is 9.10. The van der Waals surface area contributed by atoms with Crippen LogP contribution in [0.15, 0.2) is 28.7 Å². The van der Waals surface area contributed by atoms with E-state index in [-0.39, 0.29) is 0 Å². The number of benzene rings is 1. The minimum absolute atomic E-state index is 0.924. The van der Waals surface area contributed by atoms with Crippen molar-refractivity contribution in [1.29, 1.82) is 0 Å². The second kappa shape index (κ2) is 7.26. The molecule has 0 bridgehead atoms. The van der Waals surface area contributed by atoms with Crippen molar-refractivity contribution in [3.8, 4) is 0 Å². The lowest BCUT2D eigenvalue weighted by molar-refractivity contribution is -0.932. The molecule has 3 rings (SSSR count). The van der Waals surface area contributed by atoms with Crippen molar-refractivity contribution < 1.29 is 4.90 Å². The summed E-state index contributed by atoms with van der Waals surface area (Å²) < 4.78 is 1.25. The molecule has 2 aliphatic heterocycles. The first-order chi connectivity index (χ1) is 10.2. The third kappa shape index (κ3) is 4.08. The molecule has 2 nitrogen and oxygen atoms in total. The fraction of sp³-hybridized carbons (Fsp3) is 0.667. The van der Waals surface area contributed by atoms with Crippen LogP contribution < -0.4 is 4.90 Å². The van der Waals surface area contributed by atoms with Gasteiger partial charge in [-0.15, -0.1) is 0 Å². The maximum atomic E-state index is 3.67. The van der Waals surface area contributed by atoms with E-state index in [4.69, 9.17) is 0 Å². The lowest BCUT2D eigenvalue weighted by Gasteiger charge is -2.39. The fourth-order valence-corrected chi connectivity index (χ4v) is 4.32. The van der Waals surface area contributed by atoms with Gasteiger partial charge in [-0.25, -0.2) is 0 Å². The molecule has 3 heteroatoms. The van der Waals surface area contributed by atoms with Gasteiger partial charge in [-0.05, 0) is 30.4 Å². The van der Waals surface area contributed by atoms with E-state index in [0.29, 0.717) is 0 Å². The Morgan fingerprint density at radius 2 is 1.76 bits per heavy atom. The van der Waals surface area contributed by atoms with Gasteiger partial charge < -0.3 is 4.90 Å². The van der Waals surface area contributed by atoms with Gasteiger partial charge in [-0.1, -0.05) is 41.1 Å². The first-order valence-electron chi connectivity index (χ1n) is 8.52. The van der Waals surface area contributed by atoms with Gasteiger partial charge in [0.15, 0.2) is 0 Å². The lowest BCUT2D eigenvalue weighted by atomic mass is 9.95. The lowest BCUT2D eigenvalue weighted by Crippen LogP contribution is -3.17.